The van der Waals surface area contributed by atoms with Gasteiger partial charge in [0.1, 0.15) is 11.9 Å². The Hall–Kier alpha value is -0.550. The molecule has 0 aliphatic carbocycles. The van der Waals surface area contributed by atoms with Gasteiger partial charge < -0.3 is 9.84 Å². The van der Waals surface area contributed by atoms with E-state index in [0.29, 0.717) is 10.8 Å². The van der Waals surface area contributed by atoms with E-state index in [1.807, 2.05) is 32.0 Å². The van der Waals surface area contributed by atoms with Gasteiger partial charge in [0.15, 0.2) is 0 Å². The summed E-state index contributed by atoms with van der Waals surface area (Å²) in [6.07, 6.45) is -0.804. The molecule has 1 atom stereocenters. The molecule has 0 aliphatic heterocycles. The molecule has 0 amide bonds. The first-order chi connectivity index (χ1) is 9.86. The maximum atomic E-state index is 10.8. The Kier molecular flexibility index (Phi) is 5.36. The van der Waals surface area contributed by atoms with Crippen LogP contribution in [0.5, 0.6) is 5.75 Å². The van der Waals surface area contributed by atoms with Gasteiger partial charge in [-0.2, -0.15) is 0 Å². The zero-order valence-electron chi connectivity index (χ0n) is 11.9. The van der Waals surface area contributed by atoms with Crippen molar-refractivity contribution in [2.75, 3.05) is 7.11 Å². The highest BCUT2D eigenvalue weighted by Crippen LogP contribution is 2.39. The first-order valence-electron chi connectivity index (χ1n) is 6.33. The number of methoxy groups -OCH3 is 1. The Balaban J connectivity index is 2.62. The van der Waals surface area contributed by atoms with E-state index < -0.39 is 6.10 Å². The fraction of sp³-hybridized carbons (Fsp3) is 0.250. The number of aryl methyl sites for hydroxylation is 1. The summed E-state index contributed by atoms with van der Waals surface area (Å²) in [4.78, 5) is 0. The molecule has 2 nitrogen and oxygen atoms in total. The quantitative estimate of drug-likeness (QED) is 0.684. The largest absolute Gasteiger partial charge is 0.496 e. The molecule has 0 aliphatic rings. The Morgan fingerprint density at radius 2 is 1.81 bits per heavy atom. The van der Waals surface area contributed by atoms with Crippen molar-refractivity contribution >= 4 is 43.5 Å². The average molecular weight is 435 g/mol. The lowest BCUT2D eigenvalue weighted by Crippen LogP contribution is -2.07. The van der Waals surface area contributed by atoms with E-state index in [-0.39, 0.29) is 0 Å². The molecule has 21 heavy (non-hydrogen) atoms. The van der Waals surface area contributed by atoms with Crippen molar-refractivity contribution in [3.63, 3.8) is 0 Å². The van der Waals surface area contributed by atoms with Crippen LogP contribution >= 0.6 is 43.5 Å². The molecule has 0 spiro atoms. The van der Waals surface area contributed by atoms with Crippen LogP contribution in [0.4, 0.5) is 0 Å². The maximum Gasteiger partial charge on any atom is 0.128 e. The molecular weight excluding hydrogens is 419 g/mol. The van der Waals surface area contributed by atoms with Crippen LogP contribution in [0.2, 0.25) is 5.02 Å². The summed E-state index contributed by atoms with van der Waals surface area (Å²) >= 11 is 13.0. The minimum absolute atomic E-state index is 0.565. The topological polar surface area (TPSA) is 29.5 Å². The molecule has 1 unspecified atom stereocenters. The molecule has 1 N–H and O–H groups in total. The second-order valence-electron chi connectivity index (χ2n) is 4.82. The van der Waals surface area contributed by atoms with Gasteiger partial charge in [0, 0.05) is 14.5 Å². The number of halogens is 3. The summed E-state index contributed by atoms with van der Waals surface area (Å²) in [6.45, 7) is 3.90. The van der Waals surface area contributed by atoms with Gasteiger partial charge in [0.2, 0.25) is 0 Å². The number of hydrogen-bond donors (Lipinski definition) is 1. The number of hydrogen-bond acceptors (Lipinski definition) is 2. The lowest BCUT2D eigenvalue weighted by atomic mass is 9.94. The summed E-state index contributed by atoms with van der Waals surface area (Å²) in [5.41, 5.74) is 3.39. The van der Waals surface area contributed by atoms with E-state index >= 15 is 0 Å². The molecule has 0 saturated carbocycles. The van der Waals surface area contributed by atoms with Gasteiger partial charge in [-0.05, 0) is 64.7 Å². The third kappa shape index (κ3) is 3.29. The maximum absolute atomic E-state index is 10.8. The molecule has 0 radical (unpaired) electrons. The van der Waals surface area contributed by atoms with Gasteiger partial charge in [-0.1, -0.05) is 33.6 Å². The van der Waals surface area contributed by atoms with Crippen molar-refractivity contribution in [2.24, 2.45) is 0 Å². The van der Waals surface area contributed by atoms with Crippen molar-refractivity contribution in [3.8, 4) is 5.75 Å². The second kappa shape index (κ2) is 6.69. The Morgan fingerprint density at radius 3 is 2.38 bits per heavy atom. The van der Waals surface area contributed by atoms with E-state index in [9.17, 15) is 5.11 Å². The average Bonchev–Trinajstić information content (AvgIpc) is 2.44. The van der Waals surface area contributed by atoms with E-state index in [1.165, 1.54) is 0 Å². The highest BCUT2D eigenvalue weighted by atomic mass is 79.9. The summed E-state index contributed by atoms with van der Waals surface area (Å²) < 4.78 is 7.23. The molecule has 0 saturated heterocycles. The van der Waals surface area contributed by atoms with Crippen LogP contribution in [0.25, 0.3) is 0 Å². The normalized spacial score (nSPS) is 12.3. The Bertz CT molecular complexity index is 686. The third-order valence-electron chi connectivity index (χ3n) is 3.45. The molecular formula is C16H15Br2ClO2. The number of benzene rings is 2. The van der Waals surface area contributed by atoms with Crippen LogP contribution in [0.1, 0.15) is 28.4 Å². The Labute approximate surface area is 146 Å². The third-order valence-corrected chi connectivity index (χ3v) is 5.50. The molecule has 0 bridgehead atoms. The van der Waals surface area contributed by atoms with Gasteiger partial charge >= 0.3 is 0 Å². The first-order valence-corrected chi connectivity index (χ1v) is 8.29. The SMILES string of the molecule is COc1c(C)cc(Br)c(C)c1C(O)c1ccc(Br)c(Cl)c1. The van der Waals surface area contributed by atoms with Crippen LogP contribution < -0.4 is 4.74 Å². The predicted octanol–water partition coefficient (Wildman–Crippen LogP) is 5.57. The summed E-state index contributed by atoms with van der Waals surface area (Å²) in [5, 5.41) is 11.3. The van der Waals surface area contributed by atoms with Crippen LogP contribution in [0.3, 0.4) is 0 Å². The summed E-state index contributed by atoms with van der Waals surface area (Å²) in [7, 11) is 1.61. The van der Waals surface area contributed by atoms with Crippen LogP contribution in [0.15, 0.2) is 33.2 Å². The van der Waals surface area contributed by atoms with Gasteiger partial charge in [-0.15, -0.1) is 0 Å². The molecule has 2 rings (SSSR count). The van der Waals surface area contributed by atoms with Crippen LogP contribution in [-0.4, -0.2) is 12.2 Å². The minimum atomic E-state index is -0.804. The highest BCUT2D eigenvalue weighted by molar-refractivity contribution is 9.10. The number of rotatable bonds is 3. The molecule has 2 aromatic carbocycles. The zero-order chi connectivity index (χ0) is 15.7. The number of ether oxygens (including phenoxy) is 1. The fourth-order valence-electron chi connectivity index (χ4n) is 2.32. The predicted molar refractivity (Wildman–Crippen MR) is 93.4 cm³/mol. The van der Waals surface area contributed by atoms with E-state index in [2.05, 4.69) is 31.9 Å². The van der Waals surface area contributed by atoms with Crippen LogP contribution in [-0.2, 0) is 0 Å². The van der Waals surface area contributed by atoms with Crippen molar-refractivity contribution in [1.82, 2.24) is 0 Å². The van der Waals surface area contributed by atoms with Crippen molar-refractivity contribution in [1.29, 1.82) is 0 Å². The minimum Gasteiger partial charge on any atom is -0.496 e. The molecule has 0 aromatic heterocycles. The zero-order valence-corrected chi connectivity index (χ0v) is 15.8. The summed E-state index contributed by atoms with van der Waals surface area (Å²) in [5.74, 6) is 0.697. The van der Waals surface area contributed by atoms with Crippen LogP contribution in [0, 0.1) is 13.8 Å². The molecule has 0 heterocycles. The van der Waals surface area contributed by atoms with E-state index in [1.54, 1.807) is 13.2 Å². The van der Waals surface area contributed by atoms with Gasteiger partial charge in [0.05, 0.1) is 12.1 Å². The highest BCUT2D eigenvalue weighted by Gasteiger charge is 2.22. The second-order valence-corrected chi connectivity index (χ2v) is 6.94. The molecule has 0 fully saturated rings. The van der Waals surface area contributed by atoms with Gasteiger partial charge in [-0.25, -0.2) is 0 Å². The lowest BCUT2D eigenvalue weighted by molar-refractivity contribution is 0.213. The van der Waals surface area contributed by atoms with E-state index in [0.717, 1.165) is 31.2 Å². The standard InChI is InChI=1S/C16H15Br2ClO2/c1-8-6-12(18)9(2)14(16(8)21-3)15(20)10-4-5-11(17)13(19)7-10/h4-7,15,20H,1-3H3. The smallest absolute Gasteiger partial charge is 0.128 e. The monoisotopic (exact) mass is 432 g/mol. The van der Waals surface area contributed by atoms with Gasteiger partial charge in [0.25, 0.3) is 0 Å². The fourth-order valence-corrected chi connectivity index (χ4v) is 3.32. The van der Waals surface area contributed by atoms with Crippen molar-refractivity contribution < 1.29 is 9.84 Å². The van der Waals surface area contributed by atoms with E-state index in [4.69, 9.17) is 16.3 Å². The first kappa shape index (κ1) is 16.8. The Morgan fingerprint density at radius 1 is 1.14 bits per heavy atom. The van der Waals surface area contributed by atoms with Gasteiger partial charge in [-0.3, -0.25) is 0 Å². The number of aliphatic hydroxyl groups is 1. The molecule has 5 heteroatoms. The lowest BCUT2D eigenvalue weighted by Gasteiger charge is -2.21. The van der Waals surface area contributed by atoms with Crippen molar-refractivity contribution in [2.45, 2.75) is 20.0 Å². The molecule has 112 valence electrons. The van der Waals surface area contributed by atoms with Crippen molar-refractivity contribution in [3.05, 3.63) is 60.5 Å². The summed E-state index contributed by atoms with van der Waals surface area (Å²) in [6, 6.07) is 7.41. The number of aliphatic hydroxyl groups excluding tert-OH is 1. The molecule has 2 aromatic rings.